The summed E-state index contributed by atoms with van der Waals surface area (Å²) >= 11 is 5.95. The molecule has 2 aromatic carbocycles. The molecule has 3 heterocycles. The molecule has 0 spiro atoms. The van der Waals surface area contributed by atoms with E-state index in [2.05, 4.69) is 14.9 Å². The first-order chi connectivity index (χ1) is 16.9. The largest absolute Gasteiger partial charge is 0.368 e. The number of halogens is 1. The van der Waals surface area contributed by atoms with Gasteiger partial charge < -0.3 is 9.80 Å². The van der Waals surface area contributed by atoms with Crippen molar-refractivity contribution < 1.29 is 4.79 Å². The van der Waals surface area contributed by atoms with Crippen molar-refractivity contribution >= 4 is 34.2 Å². The number of hydrogen-bond acceptors (Lipinski definition) is 6. The minimum Gasteiger partial charge on any atom is -0.368 e. The summed E-state index contributed by atoms with van der Waals surface area (Å²) in [7, 11) is 1.53. The molecule has 0 atom stereocenters. The quantitative estimate of drug-likeness (QED) is 0.435. The molecular formula is C25H23ClN6O3. The van der Waals surface area contributed by atoms with Crippen LogP contribution >= 0.6 is 11.6 Å². The fourth-order valence-electron chi connectivity index (χ4n) is 4.25. The molecule has 10 heteroatoms. The number of hydrogen-bond donors (Lipinski definition) is 0. The predicted octanol–water partition coefficient (Wildman–Crippen LogP) is 2.16. The minimum atomic E-state index is -0.598. The number of fused-ring (bicyclic) bond motifs is 1. The van der Waals surface area contributed by atoms with Crippen molar-refractivity contribution in [2.45, 2.75) is 6.54 Å². The lowest BCUT2D eigenvalue weighted by Gasteiger charge is -2.36. The van der Waals surface area contributed by atoms with Crippen LogP contribution < -0.4 is 16.1 Å². The zero-order chi connectivity index (χ0) is 24.5. The molecule has 35 heavy (non-hydrogen) atoms. The molecule has 1 amide bonds. The van der Waals surface area contributed by atoms with Gasteiger partial charge in [0.2, 0.25) is 5.91 Å². The van der Waals surface area contributed by atoms with Crippen molar-refractivity contribution in [3.8, 4) is 11.4 Å². The molecular weight excluding hydrogens is 468 g/mol. The molecule has 0 bridgehead atoms. The highest BCUT2D eigenvalue weighted by atomic mass is 35.5. The van der Waals surface area contributed by atoms with Gasteiger partial charge in [0.05, 0.1) is 0 Å². The Morgan fingerprint density at radius 1 is 0.971 bits per heavy atom. The molecule has 0 N–H and O–H groups in total. The Morgan fingerprint density at radius 2 is 1.66 bits per heavy atom. The van der Waals surface area contributed by atoms with E-state index in [0.29, 0.717) is 42.6 Å². The smallest absolute Gasteiger partial charge is 0.332 e. The van der Waals surface area contributed by atoms with Crippen LogP contribution in [0.25, 0.3) is 22.4 Å². The normalized spacial score (nSPS) is 13.9. The molecule has 1 fully saturated rings. The fourth-order valence-corrected chi connectivity index (χ4v) is 4.37. The van der Waals surface area contributed by atoms with Crippen LogP contribution in [0.5, 0.6) is 0 Å². The van der Waals surface area contributed by atoms with Gasteiger partial charge in [-0.2, -0.15) is 0 Å². The molecule has 2 aromatic heterocycles. The van der Waals surface area contributed by atoms with E-state index in [1.807, 2.05) is 30.3 Å². The molecule has 1 aliphatic rings. The van der Waals surface area contributed by atoms with Crippen molar-refractivity contribution in [3.63, 3.8) is 0 Å². The van der Waals surface area contributed by atoms with Crippen LogP contribution in [0, 0.1) is 0 Å². The van der Waals surface area contributed by atoms with Gasteiger partial charge in [-0.15, -0.1) is 0 Å². The van der Waals surface area contributed by atoms with E-state index in [9.17, 15) is 14.4 Å². The first-order valence-electron chi connectivity index (χ1n) is 11.2. The monoisotopic (exact) mass is 490 g/mol. The maximum Gasteiger partial charge on any atom is 0.332 e. The molecule has 0 unspecified atom stereocenters. The molecule has 4 aromatic rings. The van der Waals surface area contributed by atoms with Gasteiger partial charge in [-0.05, 0) is 36.4 Å². The van der Waals surface area contributed by atoms with Gasteiger partial charge in [-0.3, -0.25) is 18.7 Å². The molecule has 9 nitrogen and oxygen atoms in total. The number of aromatic nitrogens is 4. The number of carbonyl (C=O) groups is 1. The molecule has 0 aliphatic carbocycles. The van der Waals surface area contributed by atoms with Crippen LogP contribution in [-0.4, -0.2) is 56.1 Å². The van der Waals surface area contributed by atoms with Crippen molar-refractivity contribution in [1.82, 2.24) is 24.0 Å². The van der Waals surface area contributed by atoms with Gasteiger partial charge in [0.1, 0.15) is 11.9 Å². The topological polar surface area (TPSA) is 93.3 Å². The second-order valence-corrected chi connectivity index (χ2v) is 8.81. The molecule has 1 saturated heterocycles. The Hall–Kier alpha value is -3.98. The summed E-state index contributed by atoms with van der Waals surface area (Å²) in [6.45, 7) is 2.07. The predicted molar refractivity (Wildman–Crippen MR) is 135 cm³/mol. The molecule has 5 rings (SSSR count). The first kappa shape index (κ1) is 22.8. The Kier molecular flexibility index (Phi) is 6.08. The van der Waals surface area contributed by atoms with Crippen LogP contribution in [0.2, 0.25) is 5.02 Å². The van der Waals surface area contributed by atoms with Crippen molar-refractivity contribution in [2.75, 3.05) is 31.1 Å². The summed E-state index contributed by atoms with van der Waals surface area (Å²) in [5.41, 5.74) is 0.844. The van der Waals surface area contributed by atoms with Crippen LogP contribution in [0.15, 0.2) is 70.4 Å². The van der Waals surface area contributed by atoms with Gasteiger partial charge >= 0.3 is 5.69 Å². The standard InChI is InChI=1S/C25H23ClN6O3/c1-29-23-20(15-27-22(28-23)17-7-9-18(26)10-8-17)24(34)32(25(29)35)16-21(33)31-13-11-30(12-14-31)19-5-3-2-4-6-19/h2-10,15H,11-14,16H2,1H3. The van der Waals surface area contributed by atoms with Crippen molar-refractivity contribution in [3.05, 3.63) is 86.7 Å². The summed E-state index contributed by atoms with van der Waals surface area (Å²) in [4.78, 5) is 51.8. The average Bonchev–Trinajstić information content (AvgIpc) is 2.90. The summed E-state index contributed by atoms with van der Waals surface area (Å²) in [6, 6.07) is 17.0. The summed E-state index contributed by atoms with van der Waals surface area (Å²) in [6.07, 6.45) is 1.40. The lowest BCUT2D eigenvalue weighted by Crippen LogP contribution is -2.51. The van der Waals surface area contributed by atoms with E-state index in [4.69, 9.17) is 11.6 Å². The van der Waals surface area contributed by atoms with Gasteiger partial charge in [0, 0.05) is 55.7 Å². The summed E-state index contributed by atoms with van der Waals surface area (Å²) in [5, 5.41) is 0.752. The Bertz CT molecular complexity index is 1510. The number of aryl methyl sites for hydroxylation is 1. The highest BCUT2D eigenvalue weighted by molar-refractivity contribution is 6.30. The van der Waals surface area contributed by atoms with Crippen LogP contribution in [0.1, 0.15) is 0 Å². The minimum absolute atomic E-state index is 0.173. The first-order valence-corrected chi connectivity index (χ1v) is 11.6. The Morgan fingerprint density at radius 3 is 2.34 bits per heavy atom. The highest BCUT2D eigenvalue weighted by Crippen LogP contribution is 2.19. The second kappa shape index (κ2) is 9.34. The molecule has 1 aliphatic heterocycles. The number of nitrogens with zero attached hydrogens (tertiary/aromatic N) is 6. The SMILES string of the molecule is Cn1c(=O)n(CC(=O)N2CCN(c3ccccc3)CC2)c(=O)c2cnc(-c3ccc(Cl)cc3)nc21. The second-order valence-electron chi connectivity index (χ2n) is 8.37. The van der Waals surface area contributed by atoms with Crippen LogP contribution in [0.4, 0.5) is 5.69 Å². The zero-order valence-corrected chi connectivity index (χ0v) is 19.9. The van der Waals surface area contributed by atoms with E-state index in [0.717, 1.165) is 10.3 Å². The van der Waals surface area contributed by atoms with Crippen molar-refractivity contribution in [2.24, 2.45) is 7.05 Å². The van der Waals surface area contributed by atoms with E-state index in [1.54, 1.807) is 29.2 Å². The zero-order valence-electron chi connectivity index (χ0n) is 19.1. The maximum atomic E-state index is 13.1. The van der Waals surface area contributed by atoms with Crippen molar-refractivity contribution in [1.29, 1.82) is 0 Å². The van der Waals surface area contributed by atoms with E-state index < -0.39 is 11.2 Å². The third-order valence-electron chi connectivity index (χ3n) is 6.23. The lowest BCUT2D eigenvalue weighted by molar-refractivity contribution is -0.132. The van der Waals surface area contributed by atoms with E-state index in [1.165, 1.54) is 17.8 Å². The molecule has 178 valence electrons. The van der Waals surface area contributed by atoms with Crippen LogP contribution in [-0.2, 0) is 18.4 Å². The number of amides is 1. The number of anilines is 1. The fraction of sp³-hybridized carbons (Fsp3) is 0.240. The number of benzene rings is 2. The van der Waals surface area contributed by atoms with Gasteiger partial charge in [-0.25, -0.2) is 14.8 Å². The average molecular weight is 491 g/mol. The summed E-state index contributed by atoms with van der Waals surface area (Å²) in [5.74, 6) is 0.101. The number of para-hydroxylation sites is 1. The van der Waals surface area contributed by atoms with Gasteiger partial charge in [0.15, 0.2) is 11.5 Å². The van der Waals surface area contributed by atoms with Crippen LogP contribution in [0.3, 0.4) is 0 Å². The lowest BCUT2D eigenvalue weighted by atomic mass is 10.2. The molecule has 0 radical (unpaired) electrons. The van der Waals surface area contributed by atoms with Gasteiger partial charge in [-0.1, -0.05) is 29.8 Å². The maximum absolute atomic E-state index is 13.1. The third kappa shape index (κ3) is 4.42. The van der Waals surface area contributed by atoms with Gasteiger partial charge in [0.25, 0.3) is 5.56 Å². The highest BCUT2D eigenvalue weighted by Gasteiger charge is 2.23. The van der Waals surface area contributed by atoms with E-state index in [-0.39, 0.29) is 23.5 Å². The Labute approximate surface area is 205 Å². The summed E-state index contributed by atoms with van der Waals surface area (Å²) < 4.78 is 2.23. The van der Waals surface area contributed by atoms with E-state index >= 15 is 0 Å². The molecule has 0 saturated carbocycles. The number of piperazine rings is 1. The number of rotatable bonds is 4. The number of carbonyl (C=O) groups excluding carboxylic acids is 1. The third-order valence-corrected chi connectivity index (χ3v) is 6.48. The Balaban J connectivity index is 1.38.